The van der Waals surface area contributed by atoms with E-state index in [1.165, 1.54) is 39.1 Å². The molecule has 1 heterocycles. The number of rotatable bonds is 7. The summed E-state index contributed by atoms with van der Waals surface area (Å²) < 4.78 is 21.3. The molecule has 1 aliphatic heterocycles. The van der Waals surface area contributed by atoms with Gasteiger partial charge in [0.25, 0.3) is 0 Å². The molecule has 0 spiro atoms. The van der Waals surface area contributed by atoms with Crippen LogP contribution < -0.4 is 19.1 Å². The van der Waals surface area contributed by atoms with E-state index in [0.717, 1.165) is 19.6 Å². The first-order valence-electron chi connectivity index (χ1n) is 7.93. The monoisotopic (exact) mass is 324 g/mol. The maximum atomic E-state index is 12.4. The summed E-state index contributed by atoms with van der Waals surface area (Å²) >= 11 is 0. The number of carbonyl (C=O) groups is 1. The van der Waals surface area contributed by atoms with E-state index in [-0.39, 0.29) is 12.1 Å². The van der Waals surface area contributed by atoms with Crippen molar-refractivity contribution >= 4 is 5.97 Å². The van der Waals surface area contributed by atoms with Crippen molar-refractivity contribution in [1.29, 1.82) is 0 Å². The van der Waals surface area contributed by atoms with E-state index in [1.54, 1.807) is 12.1 Å². The van der Waals surface area contributed by atoms with Gasteiger partial charge in [0.2, 0.25) is 5.75 Å². The van der Waals surface area contributed by atoms with E-state index >= 15 is 0 Å². The molecule has 0 aromatic heterocycles. The third-order valence-corrected chi connectivity index (χ3v) is 4.10. The van der Waals surface area contributed by atoms with Crippen LogP contribution in [0.15, 0.2) is 12.1 Å². The summed E-state index contributed by atoms with van der Waals surface area (Å²) in [7, 11) is 4.57. The predicted octanol–water partition coefficient (Wildman–Crippen LogP) is 0.936. The van der Waals surface area contributed by atoms with E-state index in [4.69, 9.17) is 18.9 Å². The Morgan fingerprint density at radius 3 is 2.13 bits per heavy atom. The average Bonchev–Trinajstić information content (AvgIpc) is 3.05. The average molecular weight is 324 g/mol. The van der Waals surface area contributed by atoms with Gasteiger partial charge in [-0.05, 0) is 19.1 Å². The Balaban J connectivity index is 2.08. The van der Waals surface area contributed by atoms with Gasteiger partial charge in [-0.25, -0.2) is 4.79 Å². The molecule has 0 radical (unpaired) electrons. The Hall–Kier alpha value is -1.95. The maximum absolute atomic E-state index is 12.4. The molecule has 1 saturated heterocycles. The second-order valence-corrected chi connectivity index (χ2v) is 5.79. The number of quaternary nitrogens is 1. The van der Waals surface area contributed by atoms with Crippen LogP contribution in [0.25, 0.3) is 0 Å². The molecule has 1 unspecified atom stereocenters. The van der Waals surface area contributed by atoms with Crippen molar-refractivity contribution in [3.63, 3.8) is 0 Å². The summed E-state index contributed by atoms with van der Waals surface area (Å²) in [4.78, 5) is 13.9. The molecule has 2 rings (SSSR count). The molecule has 6 nitrogen and oxygen atoms in total. The van der Waals surface area contributed by atoms with E-state index in [9.17, 15) is 4.79 Å². The van der Waals surface area contributed by atoms with Gasteiger partial charge in [0.1, 0.15) is 12.6 Å². The van der Waals surface area contributed by atoms with Crippen molar-refractivity contribution in [3.05, 3.63) is 17.7 Å². The van der Waals surface area contributed by atoms with Crippen molar-refractivity contribution < 1.29 is 28.6 Å². The standard InChI is InChI=1S/C17H25NO5/c1-12(11-18-7-5-6-8-18)23-17(19)13-9-14(20-2)16(22-4)15(10-13)21-3/h9-10,12H,5-8,11H2,1-4H3/p+1. The lowest BCUT2D eigenvalue weighted by Gasteiger charge is -2.19. The van der Waals surface area contributed by atoms with Gasteiger partial charge < -0.3 is 23.8 Å². The first kappa shape index (κ1) is 17.4. The fourth-order valence-corrected chi connectivity index (χ4v) is 2.98. The highest BCUT2D eigenvalue weighted by atomic mass is 16.5. The zero-order valence-electron chi connectivity index (χ0n) is 14.3. The summed E-state index contributed by atoms with van der Waals surface area (Å²) in [5.74, 6) is 0.963. The van der Waals surface area contributed by atoms with Crippen molar-refractivity contribution in [2.45, 2.75) is 25.9 Å². The molecule has 1 fully saturated rings. The minimum absolute atomic E-state index is 0.130. The highest BCUT2D eigenvalue weighted by Gasteiger charge is 2.23. The van der Waals surface area contributed by atoms with Crippen LogP contribution in [-0.2, 0) is 4.74 Å². The number of nitrogens with one attached hydrogen (secondary N) is 1. The Morgan fingerprint density at radius 1 is 1.09 bits per heavy atom. The number of methoxy groups -OCH3 is 3. The number of benzene rings is 1. The number of hydrogen-bond acceptors (Lipinski definition) is 5. The fraction of sp³-hybridized carbons (Fsp3) is 0.588. The van der Waals surface area contributed by atoms with Crippen molar-refractivity contribution in [2.24, 2.45) is 0 Å². The SMILES string of the molecule is COc1cc(C(=O)OC(C)C[NH+]2CCCC2)cc(OC)c1OC. The lowest BCUT2D eigenvalue weighted by molar-refractivity contribution is -0.890. The highest BCUT2D eigenvalue weighted by molar-refractivity contribution is 5.91. The molecular formula is C17H26NO5+. The third-order valence-electron chi connectivity index (χ3n) is 4.10. The molecule has 128 valence electrons. The number of carbonyl (C=O) groups excluding carboxylic acids is 1. The number of hydrogen-bond donors (Lipinski definition) is 1. The molecule has 6 heteroatoms. The fourth-order valence-electron chi connectivity index (χ4n) is 2.98. The molecule has 23 heavy (non-hydrogen) atoms. The van der Waals surface area contributed by atoms with Crippen LogP contribution in [0.2, 0.25) is 0 Å². The summed E-state index contributed by atoms with van der Waals surface area (Å²) in [5, 5.41) is 0. The van der Waals surface area contributed by atoms with Gasteiger partial charge in [0, 0.05) is 12.8 Å². The second-order valence-electron chi connectivity index (χ2n) is 5.79. The number of likely N-dealkylation sites (tertiary alicyclic amines) is 1. The van der Waals surface area contributed by atoms with E-state index in [2.05, 4.69) is 0 Å². The van der Waals surface area contributed by atoms with Gasteiger partial charge in [-0.3, -0.25) is 0 Å². The summed E-state index contributed by atoms with van der Waals surface area (Å²) in [6, 6.07) is 3.22. The Bertz CT molecular complexity index is 515. The smallest absolute Gasteiger partial charge is 0.338 e. The van der Waals surface area contributed by atoms with Gasteiger partial charge in [0.15, 0.2) is 11.5 Å². The van der Waals surface area contributed by atoms with Crippen LogP contribution in [0.3, 0.4) is 0 Å². The molecule has 0 bridgehead atoms. The number of ether oxygens (including phenoxy) is 4. The Kier molecular flexibility index (Phi) is 6.10. The normalized spacial score (nSPS) is 16.0. The van der Waals surface area contributed by atoms with E-state index < -0.39 is 0 Å². The van der Waals surface area contributed by atoms with E-state index in [0.29, 0.717) is 22.8 Å². The molecule has 1 N–H and O–H groups in total. The molecular weight excluding hydrogens is 298 g/mol. The second kappa shape index (κ2) is 8.06. The summed E-state index contributed by atoms with van der Waals surface area (Å²) in [6.45, 7) is 5.09. The zero-order chi connectivity index (χ0) is 16.8. The molecule has 1 aromatic carbocycles. The van der Waals surface area contributed by atoms with E-state index in [1.807, 2.05) is 6.92 Å². The van der Waals surface area contributed by atoms with Crippen LogP contribution in [0.1, 0.15) is 30.1 Å². The zero-order valence-corrected chi connectivity index (χ0v) is 14.3. The van der Waals surface area contributed by atoms with Crippen LogP contribution in [-0.4, -0.2) is 53.0 Å². The molecule has 1 atom stereocenters. The van der Waals surface area contributed by atoms with Crippen LogP contribution in [0, 0.1) is 0 Å². The quantitative estimate of drug-likeness (QED) is 0.757. The molecule has 0 saturated carbocycles. The van der Waals surface area contributed by atoms with Crippen LogP contribution >= 0.6 is 0 Å². The van der Waals surface area contributed by atoms with Gasteiger partial charge >= 0.3 is 5.97 Å². The lowest BCUT2D eigenvalue weighted by Crippen LogP contribution is -3.11. The number of esters is 1. The van der Waals surface area contributed by atoms with Crippen molar-refractivity contribution in [3.8, 4) is 17.2 Å². The van der Waals surface area contributed by atoms with Crippen LogP contribution in [0.4, 0.5) is 0 Å². The first-order valence-corrected chi connectivity index (χ1v) is 7.93. The lowest BCUT2D eigenvalue weighted by atomic mass is 10.2. The third kappa shape index (κ3) is 4.28. The predicted molar refractivity (Wildman–Crippen MR) is 85.8 cm³/mol. The molecule has 1 aliphatic rings. The molecule has 1 aromatic rings. The van der Waals surface area contributed by atoms with Gasteiger partial charge in [-0.2, -0.15) is 0 Å². The van der Waals surface area contributed by atoms with Crippen LogP contribution in [0.5, 0.6) is 17.2 Å². The largest absolute Gasteiger partial charge is 0.493 e. The topological polar surface area (TPSA) is 58.4 Å². The molecule has 0 aliphatic carbocycles. The summed E-state index contributed by atoms with van der Waals surface area (Å²) in [6.07, 6.45) is 2.38. The maximum Gasteiger partial charge on any atom is 0.338 e. The Labute approximate surface area is 137 Å². The summed E-state index contributed by atoms with van der Waals surface area (Å²) in [5.41, 5.74) is 0.391. The minimum atomic E-state index is -0.379. The van der Waals surface area contributed by atoms with Gasteiger partial charge in [-0.1, -0.05) is 0 Å². The van der Waals surface area contributed by atoms with Gasteiger partial charge in [-0.15, -0.1) is 0 Å². The minimum Gasteiger partial charge on any atom is -0.493 e. The van der Waals surface area contributed by atoms with Crippen molar-refractivity contribution in [2.75, 3.05) is 41.0 Å². The van der Waals surface area contributed by atoms with Crippen molar-refractivity contribution in [1.82, 2.24) is 0 Å². The Morgan fingerprint density at radius 2 is 1.65 bits per heavy atom. The molecule has 0 amide bonds. The highest BCUT2D eigenvalue weighted by Crippen LogP contribution is 2.38. The van der Waals surface area contributed by atoms with Gasteiger partial charge in [0.05, 0.1) is 40.0 Å². The first-order chi connectivity index (χ1) is 11.1.